The summed E-state index contributed by atoms with van der Waals surface area (Å²) in [6.45, 7) is 12.4. The number of nitrogens with zero attached hydrogens (tertiary/aromatic N) is 3. The highest BCUT2D eigenvalue weighted by Crippen LogP contribution is 2.08. The average molecular weight is 211 g/mol. The van der Waals surface area contributed by atoms with Crippen LogP contribution >= 0.6 is 0 Å². The molecule has 1 atom stereocenters. The van der Waals surface area contributed by atoms with Crippen LogP contribution in [0.2, 0.25) is 0 Å². The lowest BCUT2D eigenvalue weighted by atomic mass is 10.2. The van der Waals surface area contributed by atoms with Crippen LogP contribution in [0, 0.1) is 0 Å². The van der Waals surface area contributed by atoms with Crippen LogP contribution in [-0.4, -0.2) is 67.8 Å². The molecule has 2 aliphatic heterocycles. The number of piperazine rings is 2. The Hall–Kier alpha value is -0.160. The molecule has 1 unspecified atom stereocenters. The lowest BCUT2D eigenvalue weighted by molar-refractivity contribution is 0.0586. The molecule has 87 valence electrons. The van der Waals surface area contributed by atoms with E-state index in [2.05, 4.69) is 34.3 Å². The van der Waals surface area contributed by atoms with Gasteiger partial charge in [0, 0.05) is 51.9 Å². The molecule has 4 heteroatoms. The van der Waals surface area contributed by atoms with Crippen molar-refractivity contribution in [1.82, 2.24) is 20.4 Å². The summed E-state index contributed by atoms with van der Waals surface area (Å²) in [7, 11) is 0. The van der Waals surface area contributed by atoms with E-state index in [1.807, 2.05) is 0 Å². The third-order valence-corrected chi connectivity index (χ3v) is 3.46. The topological polar surface area (TPSA) is 32.6 Å². The van der Waals surface area contributed by atoms with Gasteiger partial charge in [-0.1, -0.05) is 0 Å². The van der Waals surface area contributed by atoms with Gasteiger partial charge in [0.05, 0.1) is 6.17 Å². The minimum absolute atomic E-state index is 0.438. The minimum Gasteiger partial charge on any atom is -0.312 e. The minimum atomic E-state index is 0.438. The fourth-order valence-electron chi connectivity index (χ4n) is 2.38. The second-order valence-corrected chi connectivity index (χ2v) is 4.76. The van der Waals surface area contributed by atoms with E-state index < -0.39 is 0 Å². The lowest BCUT2D eigenvalue weighted by Gasteiger charge is -2.41. The molecule has 2 aliphatic rings. The van der Waals surface area contributed by atoms with Gasteiger partial charge in [0.15, 0.2) is 0 Å². The maximum atomic E-state index is 4.67. The van der Waals surface area contributed by atoms with Gasteiger partial charge in [-0.2, -0.15) is 0 Å². The Balaban J connectivity index is 1.77. The van der Waals surface area contributed by atoms with Crippen molar-refractivity contribution in [3.63, 3.8) is 0 Å². The molecular formula is C11H23N4. The first-order valence-corrected chi connectivity index (χ1v) is 6.13. The zero-order valence-corrected chi connectivity index (χ0v) is 9.95. The van der Waals surface area contributed by atoms with E-state index in [4.69, 9.17) is 0 Å². The molecule has 0 bridgehead atoms. The number of rotatable bonds is 2. The summed E-state index contributed by atoms with van der Waals surface area (Å²) in [4.78, 5) is 5.07. The smallest absolute Gasteiger partial charge is 0.0888 e. The van der Waals surface area contributed by atoms with Gasteiger partial charge >= 0.3 is 0 Å². The third-order valence-electron chi connectivity index (χ3n) is 3.46. The predicted octanol–water partition coefficient (Wildman–Crippen LogP) is -0.454. The Bertz CT molecular complexity index is 181. The van der Waals surface area contributed by atoms with Crippen LogP contribution in [0.25, 0.3) is 0 Å². The van der Waals surface area contributed by atoms with Crippen LogP contribution in [0.15, 0.2) is 0 Å². The number of hydrogen-bond donors (Lipinski definition) is 1. The fourth-order valence-corrected chi connectivity index (χ4v) is 2.38. The lowest BCUT2D eigenvalue weighted by Crippen LogP contribution is -2.59. The van der Waals surface area contributed by atoms with E-state index in [1.165, 1.54) is 26.2 Å². The second kappa shape index (κ2) is 5.25. The Morgan fingerprint density at radius 1 is 1.20 bits per heavy atom. The normalized spacial score (nSPS) is 31.0. The molecule has 4 nitrogen and oxygen atoms in total. The van der Waals surface area contributed by atoms with Crippen molar-refractivity contribution < 1.29 is 0 Å². The van der Waals surface area contributed by atoms with E-state index in [0.29, 0.717) is 12.2 Å². The van der Waals surface area contributed by atoms with E-state index in [-0.39, 0.29) is 0 Å². The van der Waals surface area contributed by atoms with E-state index in [0.717, 1.165) is 19.6 Å². The van der Waals surface area contributed by atoms with Crippen molar-refractivity contribution in [3.05, 3.63) is 0 Å². The molecule has 0 amide bonds. The molecule has 1 radical (unpaired) electrons. The molecule has 0 aromatic carbocycles. The van der Waals surface area contributed by atoms with Crippen LogP contribution in [0.4, 0.5) is 0 Å². The molecule has 0 spiro atoms. The molecular weight excluding hydrogens is 188 g/mol. The highest BCUT2D eigenvalue weighted by Gasteiger charge is 2.26. The predicted molar refractivity (Wildman–Crippen MR) is 61.9 cm³/mol. The average Bonchev–Trinajstić information content (AvgIpc) is 2.30. The van der Waals surface area contributed by atoms with Gasteiger partial charge in [0.2, 0.25) is 0 Å². The van der Waals surface area contributed by atoms with Crippen molar-refractivity contribution in [2.75, 3.05) is 45.8 Å². The van der Waals surface area contributed by atoms with Crippen molar-refractivity contribution in [3.8, 4) is 0 Å². The van der Waals surface area contributed by atoms with Crippen LogP contribution in [0.3, 0.4) is 0 Å². The van der Waals surface area contributed by atoms with Crippen LogP contribution < -0.4 is 10.6 Å². The summed E-state index contributed by atoms with van der Waals surface area (Å²) >= 11 is 0. The zero-order chi connectivity index (χ0) is 10.7. The highest BCUT2D eigenvalue weighted by molar-refractivity contribution is 4.81. The first-order valence-electron chi connectivity index (χ1n) is 6.13. The summed E-state index contributed by atoms with van der Waals surface area (Å²) < 4.78 is 0. The highest BCUT2D eigenvalue weighted by atomic mass is 15.4. The fraction of sp³-hybridized carbons (Fsp3) is 1.00. The molecule has 2 heterocycles. The molecule has 0 aromatic rings. The van der Waals surface area contributed by atoms with Crippen LogP contribution in [0.5, 0.6) is 0 Å². The Labute approximate surface area is 93.0 Å². The molecule has 0 saturated carbocycles. The SMILES string of the molecule is CC(C)N1CCN(C2CNCC[N]2)CC1. The molecule has 0 aromatic heterocycles. The quantitative estimate of drug-likeness (QED) is 0.671. The van der Waals surface area contributed by atoms with Crippen molar-refractivity contribution in [1.29, 1.82) is 0 Å². The summed E-state index contributed by atoms with van der Waals surface area (Å²) in [6, 6.07) is 0.688. The van der Waals surface area contributed by atoms with Gasteiger partial charge in [0.25, 0.3) is 0 Å². The van der Waals surface area contributed by atoms with Crippen LogP contribution in [0.1, 0.15) is 13.8 Å². The first kappa shape index (κ1) is 11.3. The molecule has 0 aliphatic carbocycles. The third kappa shape index (κ3) is 2.91. The monoisotopic (exact) mass is 211 g/mol. The standard InChI is InChI=1S/C11H23N4/c1-10(2)14-5-7-15(8-6-14)11-9-12-3-4-13-11/h10-12H,3-9H2,1-2H3. The Morgan fingerprint density at radius 2 is 1.93 bits per heavy atom. The first-order chi connectivity index (χ1) is 7.27. The summed E-state index contributed by atoms with van der Waals surface area (Å²) in [5.74, 6) is 0. The molecule has 2 rings (SSSR count). The summed E-state index contributed by atoms with van der Waals surface area (Å²) in [6.07, 6.45) is 0.438. The molecule has 2 saturated heterocycles. The molecule has 1 N–H and O–H groups in total. The van der Waals surface area contributed by atoms with E-state index in [9.17, 15) is 0 Å². The van der Waals surface area contributed by atoms with Gasteiger partial charge in [-0.15, -0.1) is 0 Å². The van der Waals surface area contributed by atoms with Crippen molar-refractivity contribution >= 4 is 0 Å². The summed E-state index contributed by atoms with van der Waals surface area (Å²) in [5.41, 5.74) is 0. The van der Waals surface area contributed by atoms with Gasteiger partial charge in [0.1, 0.15) is 0 Å². The number of hydrogen-bond acceptors (Lipinski definition) is 3. The molecule has 2 fully saturated rings. The van der Waals surface area contributed by atoms with Gasteiger partial charge in [-0.3, -0.25) is 9.80 Å². The van der Waals surface area contributed by atoms with E-state index in [1.54, 1.807) is 0 Å². The Kier molecular flexibility index (Phi) is 3.97. The molecule has 15 heavy (non-hydrogen) atoms. The van der Waals surface area contributed by atoms with E-state index >= 15 is 0 Å². The van der Waals surface area contributed by atoms with Crippen molar-refractivity contribution in [2.24, 2.45) is 0 Å². The Morgan fingerprint density at radius 3 is 2.47 bits per heavy atom. The number of nitrogens with one attached hydrogen (secondary N) is 1. The van der Waals surface area contributed by atoms with Gasteiger partial charge < -0.3 is 5.32 Å². The van der Waals surface area contributed by atoms with Gasteiger partial charge in [-0.25, -0.2) is 5.32 Å². The second-order valence-electron chi connectivity index (χ2n) is 4.76. The largest absolute Gasteiger partial charge is 0.312 e. The zero-order valence-electron chi connectivity index (χ0n) is 9.95. The summed E-state index contributed by atoms with van der Waals surface area (Å²) in [5, 5.41) is 8.08. The maximum absolute atomic E-state index is 4.67. The van der Waals surface area contributed by atoms with Crippen LogP contribution in [-0.2, 0) is 0 Å². The van der Waals surface area contributed by atoms with Crippen molar-refractivity contribution in [2.45, 2.75) is 26.1 Å². The maximum Gasteiger partial charge on any atom is 0.0888 e. The van der Waals surface area contributed by atoms with Gasteiger partial charge in [-0.05, 0) is 13.8 Å².